The second kappa shape index (κ2) is 8.12. The molecule has 0 fully saturated rings. The lowest BCUT2D eigenvalue weighted by atomic mass is 10.2. The van der Waals surface area contributed by atoms with Crippen LogP contribution in [0.1, 0.15) is 17.7 Å². The predicted octanol–water partition coefficient (Wildman–Crippen LogP) is 2.09. The van der Waals surface area contributed by atoms with E-state index in [4.69, 9.17) is 10.00 Å². The highest BCUT2D eigenvalue weighted by molar-refractivity contribution is 5.88. The molecule has 108 valence electrons. The number of urea groups is 1. The predicted molar refractivity (Wildman–Crippen MR) is 76.4 cm³/mol. The maximum Gasteiger partial charge on any atom is 0.323 e. The van der Waals surface area contributed by atoms with Gasteiger partial charge in [-0.25, -0.2) is 9.78 Å². The van der Waals surface area contributed by atoms with E-state index in [-0.39, 0.29) is 12.5 Å². The van der Waals surface area contributed by atoms with E-state index < -0.39 is 0 Å². The summed E-state index contributed by atoms with van der Waals surface area (Å²) in [6, 6.07) is 5.51. The Morgan fingerprint density at radius 1 is 1.45 bits per heavy atom. The summed E-state index contributed by atoms with van der Waals surface area (Å²) in [7, 11) is 1.58. The van der Waals surface area contributed by atoms with Gasteiger partial charge in [0, 0.05) is 25.9 Å². The van der Waals surface area contributed by atoms with Crippen LogP contribution in [0.4, 0.5) is 10.6 Å². The lowest BCUT2D eigenvalue weighted by Gasteiger charge is -2.21. The molecule has 0 aliphatic carbocycles. The van der Waals surface area contributed by atoms with Crippen molar-refractivity contribution in [1.29, 1.82) is 5.26 Å². The van der Waals surface area contributed by atoms with Crippen LogP contribution in [0.15, 0.2) is 12.1 Å². The minimum absolute atomic E-state index is 0.269. The highest BCUT2D eigenvalue weighted by atomic mass is 16.5. The van der Waals surface area contributed by atoms with Crippen molar-refractivity contribution in [3.05, 3.63) is 23.4 Å². The average Bonchev–Trinajstić information content (AvgIpc) is 2.37. The van der Waals surface area contributed by atoms with Gasteiger partial charge in [-0.1, -0.05) is 0 Å². The molecule has 6 heteroatoms. The molecular formula is C14H20N4O2. The van der Waals surface area contributed by atoms with E-state index in [1.165, 1.54) is 0 Å². The Morgan fingerprint density at radius 2 is 2.20 bits per heavy atom. The van der Waals surface area contributed by atoms with Gasteiger partial charge in [-0.3, -0.25) is 5.32 Å². The molecule has 1 rings (SSSR count). The summed E-state index contributed by atoms with van der Waals surface area (Å²) in [5.41, 5.74) is 1.88. The zero-order chi connectivity index (χ0) is 15.0. The van der Waals surface area contributed by atoms with Crippen LogP contribution < -0.4 is 5.32 Å². The van der Waals surface area contributed by atoms with Gasteiger partial charge in [0.05, 0.1) is 19.1 Å². The number of aryl methyl sites for hydroxylation is 2. The van der Waals surface area contributed by atoms with Crippen LogP contribution >= 0.6 is 0 Å². The third-order valence-corrected chi connectivity index (χ3v) is 2.68. The van der Waals surface area contributed by atoms with E-state index in [1.807, 2.05) is 32.0 Å². The number of nitrogens with zero attached hydrogens (tertiary/aromatic N) is 3. The number of ether oxygens (including phenoxy) is 1. The Labute approximate surface area is 119 Å². The number of nitrogens with one attached hydrogen (secondary N) is 1. The van der Waals surface area contributed by atoms with Crippen LogP contribution in [0.25, 0.3) is 0 Å². The van der Waals surface area contributed by atoms with Gasteiger partial charge in [0.15, 0.2) is 0 Å². The van der Waals surface area contributed by atoms with Crippen molar-refractivity contribution >= 4 is 11.8 Å². The van der Waals surface area contributed by atoms with Gasteiger partial charge in [0.25, 0.3) is 0 Å². The van der Waals surface area contributed by atoms with Crippen LogP contribution in [0.3, 0.4) is 0 Å². The number of aromatic nitrogens is 1. The molecule has 0 aliphatic rings. The molecule has 2 amide bonds. The highest BCUT2D eigenvalue weighted by Crippen LogP contribution is 2.10. The molecule has 0 aliphatic heterocycles. The summed E-state index contributed by atoms with van der Waals surface area (Å²) in [5.74, 6) is 0.520. The van der Waals surface area contributed by atoms with E-state index in [9.17, 15) is 4.79 Å². The third kappa shape index (κ3) is 5.24. The molecule has 1 aromatic rings. The molecule has 0 bridgehead atoms. The molecule has 1 heterocycles. The van der Waals surface area contributed by atoms with Crippen LogP contribution in [0.5, 0.6) is 0 Å². The minimum atomic E-state index is -0.269. The number of rotatable bonds is 6. The van der Waals surface area contributed by atoms with Crippen molar-refractivity contribution in [2.45, 2.75) is 20.3 Å². The van der Waals surface area contributed by atoms with E-state index in [0.717, 1.165) is 11.3 Å². The Hall–Kier alpha value is -2.13. The van der Waals surface area contributed by atoms with Crippen molar-refractivity contribution in [2.24, 2.45) is 0 Å². The Morgan fingerprint density at radius 3 is 2.80 bits per heavy atom. The van der Waals surface area contributed by atoms with Crippen molar-refractivity contribution < 1.29 is 9.53 Å². The summed E-state index contributed by atoms with van der Waals surface area (Å²) >= 11 is 0. The fourth-order valence-corrected chi connectivity index (χ4v) is 1.80. The maximum atomic E-state index is 12.2. The summed E-state index contributed by atoms with van der Waals surface area (Å²) in [5, 5.41) is 11.4. The SMILES string of the molecule is COCCN(CCC#N)C(=O)Nc1cc(C)cc(C)n1. The van der Waals surface area contributed by atoms with Crippen LogP contribution in [-0.2, 0) is 4.74 Å². The molecule has 0 aromatic carbocycles. The number of anilines is 1. The molecule has 0 saturated heterocycles. The number of pyridine rings is 1. The number of hydrogen-bond donors (Lipinski definition) is 1. The van der Waals surface area contributed by atoms with Gasteiger partial charge in [0.2, 0.25) is 0 Å². The van der Waals surface area contributed by atoms with E-state index in [1.54, 1.807) is 12.0 Å². The van der Waals surface area contributed by atoms with Crippen LogP contribution in [0, 0.1) is 25.2 Å². The molecule has 0 unspecified atom stereocenters. The molecule has 0 saturated carbocycles. The quantitative estimate of drug-likeness (QED) is 0.863. The highest BCUT2D eigenvalue weighted by Gasteiger charge is 2.13. The van der Waals surface area contributed by atoms with Gasteiger partial charge >= 0.3 is 6.03 Å². The molecule has 0 spiro atoms. The minimum Gasteiger partial charge on any atom is -0.383 e. The van der Waals surface area contributed by atoms with Gasteiger partial charge in [-0.05, 0) is 31.5 Å². The second-order valence-electron chi connectivity index (χ2n) is 4.49. The second-order valence-corrected chi connectivity index (χ2v) is 4.49. The molecular weight excluding hydrogens is 256 g/mol. The monoisotopic (exact) mass is 276 g/mol. The lowest BCUT2D eigenvalue weighted by molar-refractivity contribution is 0.156. The first-order valence-electron chi connectivity index (χ1n) is 6.44. The molecule has 0 radical (unpaired) electrons. The Balaban J connectivity index is 2.71. The number of nitriles is 1. The fourth-order valence-electron chi connectivity index (χ4n) is 1.80. The standard InChI is InChI=1S/C14H20N4O2/c1-11-9-12(2)16-13(10-11)17-14(19)18(6-4-5-15)7-8-20-3/h9-10H,4,6-8H2,1-3H3,(H,16,17,19). The van der Waals surface area contributed by atoms with Gasteiger partial charge in [-0.15, -0.1) is 0 Å². The van der Waals surface area contributed by atoms with Crippen molar-refractivity contribution in [3.63, 3.8) is 0 Å². The van der Waals surface area contributed by atoms with Gasteiger partial charge in [0.1, 0.15) is 5.82 Å². The topological polar surface area (TPSA) is 78.2 Å². The van der Waals surface area contributed by atoms with Crippen LogP contribution in [0.2, 0.25) is 0 Å². The zero-order valence-corrected chi connectivity index (χ0v) is 12.1. The normalized spacial score (nSPS) is 9.90. The number of methoxy groups -OCH3 is 1. The number of hydrogen-bond acceptors (Lipinski definition) is 4. The van der Waals surface area contributed by atoms with Gasteiger partial charge in [-0.2, -0.15) is 5.26 Å². The van der Waals surface area contributed by atoms with Crippen LogP contribution in [-0.4, -0.2) is 42.7 Å². The first-order valence-corrected chi connectivity index (χ1v) is 6.44. The molecule has 0 atom stereocenters. The fraction of sp³-hybridized carbons (Fsp3) is 0.500. The van der Waals surface area contributed by atoms with E-state index in [2.05, 4.69) is 10.3 Å². The van der Waals surface area contributed by atoms with Gasteiger partial charge < -0.3 is 9.64 Å². The third-order valence-electron chi connectivity index (χ3n) is 2.68. The zero-order valence-electron chi connectivity index (χ0n) is 12.1. The lowest BCUT2D eigenvalue weighted by Crippen LogP contribution is -2.38. The van der Waals surface area contributed by atoms with Crippen molar-refractivity contribution in [1.82, 2.24) is 9.88 Å². The summed E-state index contributed by atoms with van der Waals surface area (Å²) in [6.45, 7) is 5.06. The Kier molecular flexibility index (Phi) is 6.47. The maximum absolute atomic E-state index is 12.2. The van der Waals surface area contributed by atoms with Crippen molar-refractivity contribution in [2.75, 3.05) is 32.1 Å². The van der Waals surface area contributed by atoms with E-state index >= 15 is 0 Å². The largest absolute Gasteiger partial charge is 0.383 e. The first kappa shape index (κ1) is 15.9. The Bertz CT molecular complexity index is 476. The number of carbonyl (C=O) groups excluding carboxylic acids is 1. The molecule has 1 aromatic heterocycles. The molecule has 20 heavy (non-hydrogen) atoms. The summed E-state index contributed by atoms with van der Waals surface area (Å²) < 4.78 is 4.97. The summed E-state index contributed by atoms with van der Waals surface area (Å²) in [4.78, 5) is 18.0. The molecule has 6 nitrogen and oxygen atoms in total. The van der Waals surface area contributed by atoms with Crippen molar-refractivity contribution in [3.8, 4) is 6.07 Å². The first-order chi connectivity index (χ1) is 9.56. The molecule has 1 N–H and O–H groups in total. The summed E-state index contributed by atoms with van der Waals surface area (Å²) in [6.07, 6.45) is 0.289. The smallest absolute Gasteiger partial charge is 0.323 e. The van der Waals surface area contributed by atoms with E-state index in [0.29, 0.717) is 25.5 Å². The average molecular weight is 276 g/mol. The number of carbonyl (C=O) groups is 1. The number of amides is 2.